The summed E-state index contributed by atoms with van der Waals surface area (Å²) in [5.41, 5.74) is 0.388. The van der Waals surface area contributed by atoms with E-state index in [9.17, 15) is 4.79 Å². The van der Waals surface area contributed by atoms with Gasteiger partial charge in [-0.05, 0) is 56.9 Å². The number of nitrogens with one attached hydrogen (secondary N) is 1. The molecule has 108 valence electrons. The van der Waals surface area contributed by atoms with Crippen molar-refractivity contribution in [2.75, 3.05) is 19.6 Å². The lowest BCUT2D eigenvalue weighted by molar-refractivity contribution is -0.140. The molecule has 1 atom stereocenters. The van der Waals surface area contributed by atoms with Gasteiger partial charge in [-0.25, -0.2) is 0 Å². The van der Waals surface area contributed by atoms with E-state index in [0.29, 0.717) is 11.3 Å². The predicted octanol–water partition coefficient (Wildman–Crippen LogP) is 2.70. The van der Waals surface area contributed by atoms with Crippen LogP contribution in [0.4, 0.5) is 0 Å². The van der Waals surface area contributed by atoms with Crippen LogP contribution in [-0.4, -0.2) is 36.0 Å². The molecule has 0 bridgehead atoms. The predicted molar refractivity (Wildman–Crippen MR) is 77.0 cm³/mol. The molecule has 2 heterocycles. The Morgan fingerprint density at radius 2 is 1.74 bits per heavy atom. The lowest BCUT2D eigenvalue weighted by atomic mass is 9.76. The fourth-order valence-electron chi connectivity index (χ4n) is 4.55. The SMILES string of the molecule is CCC1(C(=O)N2CCC3(CCCC3)CC2)CCCN1. The van der Waals surface area contributed by atoms with Crippen LogP contribution < -0.4 is 5.32 Å². The van der Waals surface area contributed by atoms with Gasteiger partial charge in [0, 0.05) is 13.1 Å². The Hall–Kier alpha value is -0.570. The number of carbonyl (C=O) groups excluding carboxylic acids is 1. The monoisotopic (exact) mass is 264 g/mol. The lowest BCUT2D eigenvalue weighted by Gasteiger charge is -2.42. The van der Waals surface area contributed by atoms with Crippen molar-refractivity contribution in [1.82, 2.24) is 10.2 Å². The van der Waals surface area contributed by atoms with E-state index >= 15 is 0 Å². The molecule has 3 nitrogen and oxygen atoms in total. The van der Waals surface area contributed by atoms with E-state index in [4.69, 9.17) is 0 Å². The molecule has 1 saturated carbocycles. The molecular weight excluding hydrogens is 236 g/mol. The standard InChI is InChI=1S/C16H28N2O/c1-2-16(8-5-11-17-16)14(19)18-12-9-15(10-13-18)6-3-4-7-15/h17H,2-13H2,1H3. The smallest absolute Gasteiger partial charge is 0.242 e. The van der Waals surface area contributed by atoms with Crippen molar-refractivity contribution in [3.05, 3.63) is 0 Å². The van der Waals surface area contributed by atoms with Crippen molar-refractivity contribution >= 4 is 5.91 Å². The number of likely N-dealkylation sites (tertiary alicyclic amines) is 1. The minimum Gasteiger partial charge on any atom is -0.341 e. The van der Waals surface area contributed by atoms with Crippen LogP contribution in [0.25, 0.3) is 0 Å². The Balaban J connectivity index is 1.63. The van der Waals surface area contributed by atoms with Gasteiger partial charge in [-0.2, -0.15) is 0 Å². The molecule has 2 aliphatic heterocycles. The van der Waals surface area contributed by atoms with Gasteiger partial charge in [0.05, 0.1) is 5.54 Å². The Morgan fingerprint density at radius 3 is 2.26 bits per heavy atom. The molecule has 0 aromatic heterocycles. The van der Waals surface area contributed by atoms with Crippen LogP contribution in [0.1, 0.15) is 64.7 Å². The number of hydrogen-bond acceptors (Lipinski definition) is 2. The van der Waals surface area contributed by atoms with E-state index in [1.54, 1.807) is 0 Å². The minimum atomic E-state index is -0.222. The number of hydrogen-bond donors (Lipinski definition) is 1. The molecule has 3 fully saturated rings. The molecule has 0 aromatic carbocycles. The van der Waals surface area contributed by atoms with E-state index in [1.807, 2.05) is 0 Å². The number of nitrogens with zero attached hydrogens (tertiary/aromatic N) is 1. The average Bonchev–Trinajstić information content (AvgIpc) is 3.09. The molecule has 1 N–H and O–H groups in total. The highest BCUT2D eigenvalue weighted by Gasteiger charge is 2.44. The van der Waals surface area contributed by atoms with E-state index < -0.39 is 0 Å². The third kappa shape index (κ3) is 2.31. The number of carbonyl (C=O) groups is 1. The quantitative estimate of drug-likeness (QED) is 0.831. The van der Waals surface area contributed by atoms with Gasteiger partial charge in [-0.1, -0.05) is 19.8 Å². The van der Waals surface area contributed by atoms with E-state index in [2.05, 4.69) is 17.1 Å². The van der Waals surface area contributed by atoms with Crippen LogP contribution in [0.2, 0.25) is 0 Å². The molecule has 2 saturated heterocycles. The van der Waals surface area contributed by atoms with Crippen molar-refractivity contribution in [3.8, 4) is 0 Å². The van der Waals surface area contributed by atoms with Crippen LogP contribution >= 0.6 is 0 Å². The van der Waals surface area contributed by atoms with Crippen molar-refractivity contribution in [2.45, 2.75) is 70.3 Å². The number of rotatable bonds is 2. The third-order valence-corrected chi connectivity index (χ3v) is 6.03. The van der Waals surface area contributed by atoms with E-state index in [1.165, 1.54) is 38.5 Å². The van der Waals surface area contributed by atoms with Gasteiger partial charge in [0.1, 0.15) is 0 Å². The summed E-state index contributed by atoms with van der Waals surface area (Å²) < 4.78 is 0. The second-order valence-corrected chi connectivity index (χ2v) is 6.97. The third-order valence-electron chi connectivity index (χ3n) is 6.03. The molecule has 3 aliphatic rings. The molecule has 0 radical (unpaired) electrons. The van der Waals surface area contributed by atoms with Gasteiger partial charge >= 0.3 is 0 Å². The zero-order valence-corrected chi connectivity index (χ0v) is 12.3. The number of piperidine rings is 1. The molecule has 0 aromatic rings. The van der Waals surface area contributed by atoms with E-state index in [0.717, 1.165) is 38.9 Å². The fraction of sp³-hybridized carbons (Fsp3) is 0.938. The lowest BCUT2D eigenvalue weighted by Crippen LogP contribution is -2.56. The summed E-state index contributed by atoms with van der Waals surface area (Å²) in [6.45, 7) is 5.17. The zero-order chi connectivity index (χ0) is 13.3. The van der Waals surface area contributed by atoms with Crippen LogP contribution in [-0.2, 0) is 4.79 Å². The Kier molecular flexibility index (Phi) is 3.59. The summed E-state index contributed by atoms with van der Waals surface area (Å²) in [4.78, 5) is 15.0. The fourth-order valence-corrected chi connectivity index (χ4v) is 4.55. The maximum atomic E-state index is 12.8. The molecule has 1 spiro atoms. The molecule has 19 heavy (non-hydrogen) atoms. The average molecular weight is 264 g/mol. The van der Waals surface area contributed by atoms with Crippen molar-refractivity contribution in [1.29, 1.82) is 0 Å². The van der Waals surface area contributed by atoms with Crippen molar-refractivity contribution in [2.24, 2.45) is 5.41 Å². The zero-order valence-electron chi connectivity index (χ0n) is 12.3. The van der Waals surface area contributed by atoms with Crippen molar-refractivity contribution in [3.63, 3.8) is 0 Å². The minimum absolute atomic E-state index is 0.222. The van der Waals surface area contributed by atoms with Gasteiger partial charge in [0.15, 0.2) is 0 Å². The second-order valence-electron chi connectivity index (χ2n) is 6.97. The first-order valence-corrected chi connectivity index (χ1v) is 8.24. The van der Waals surface area contributed by atoms with Gasteiger partial charge in [0.2, 0.25) is 5.91 Å². The molecule has 1 amide bonds. The maximum Gasteiger partial charge on any atom is 0.242 e. The highest BCUT2D eigenvalue weighted by molar-refractivity contribution is 5.86. The Bertz CT molecular complexity index is 331. The van der Waals surface area contributed by atoms with Gasteiger partial charge in [0.25, 0.3) is 0 Å². The first kappa shape index (κ1) is 13.4. The van der Waals surface area contributed by atoms with Gasteiger partial charge in [-0.3, -0.25) is 4.79 Å². The van der Waals surface area contributed by atoms with Crippen LogP contribution in [0.3, 0.4) is 0 Å². The summed E-state index contributed by atoms with van der Waals surface area (Å²) in [5, 5.41) is 3.49. The van der Waals surface area contributed by atoms with Crippen molar-refractivity contribution < 1.29 is 4.79 Å². The summed E-state index contributed by atoms with van der Waals surface area (Å²) in [6.07, 6.45) is 11.3. The first-order chi connectivity index (χ1) is 9.20. The molecular formula is C16H28N2O. The first-order valence-electron chi connectivity index (χ1n) is 8.24. The van der Waals surface area contributed by atoms with Crippen LogP contribution in [0.15, 0.2) is 0 Å². The van der Waals surface area contributed by atoms with Crippen LogP contribution in [0.5, 0.6) is 0 Å². The Morgan fingerprint density at radius 1 is 1.05 bits per heavy atom. The molecule has 1 aliphatic carbocycles. The molecule has 3 heteroatoms. The summed E-state index contributed by atoms with van der Waals surface area (Å²) in [6, 6.07) is 0. The van der Waals surface area contributed by atoms with Gasteiger partial charge in [-0.15, -0.1) is 0 Å². The normalized spacial score (nSPS) is 34.1. The summed E-state index contributed by atoms with van der Waals surface area (Å²) in [5.74, 6) is 0.389. The highest BCUT2D eigenvalue weighted by Crippen LogP contribution is 2.46. The Labute approximate surface area is 117 Å². The maximum absolute atomic E-state index is 12.8. The largest absolute Gasteiger partial charge is 0.341 e. The summed E-state index contributed by atoms with van der Waals surface area (Å²) >= 11 is 0. The van der Waals surface area contributed by atoms with Gasteiger partial charge < -0.3 is 10.2 Å². The number of amides is 1. The topological polar surface area (TPSA) is 32.3 Å². The molecule has 3 rings (SSSR count). The van der Waals surface area contributed by atoms with Crippen LogP contribution in [0, 0.1) is 5.41 Å². The summed E-state index contributed by atoms with van der Waals surface area (Å²) in [7, 11) is 0. The highest BCUT2D eigenvalue weighted by atomic mass is 16.2. The second kappa shape index (κ2) is 5.08. The van der Waals surface area contributed by atoms with E-state index in [-0.39, 0.29) is 5.54 Å². The molecule has 1 unspecified atom stereocenters.